The molecule has 6 aromatic rings. The highest BCUT2D eigenvalue weighted by molar-refractivity contribution is 5.88. The van der Waals surface area contributed by atoms with Crippen molar-refractivity contribution in [2.75, 3.05) is 107 Å². The molecule has 2 N–H and O–H groups in total. The number of aryl methyl sites for hydroxylation is 3. The number of rotatable bonds is 9. The fourth-order valence-electron chi connectivity index (χ4n) is 9.21. The first kappa shape index (κ1) is 75.8. The number of pyridine rings is 3. The molecule has 5 heterocycles. The van der Waals surface area contributed by atoms with Crippen LogP contribution < -0.4 is 20.1 Å². The Morgan fingerprint density at radius 3 is 1.19 bits per heavy atom. The Balaban J connectivity index is 0.000000322. The predicted molar refractivity (Wildman–Crippen MR) is 362 cm³/mol. The van der Waals surface area contributed by atoms with Crippen LogP contribution >= 0.6 is 0 Å². The molecule has 2 amide bonds. The molecule has 0 saturated carbocycles. The minimum Gasteiger partial charge on any atom is -0.497 e. The normalized spacial score (nSPS) is 13.5. The number of aromatic nitrogens is 3. The van der Waals surface area contributed by atoms with E-state index in [1.165, 1.54) is 19.8 Å². The Hall–Kier alpha value is -9.91. The van der Waals surface area contributed by atoms with Crippen LogP contribution in [-0.4, -0.2) is 183 Å². The third-order valence-electron chi connectivity index (χ3n) is 14.0. The number of nitrogens with one attached hydrogen (secondary N) is 2. The van der Waals surface area contributed by atoms with Gasteiger partial charge in [0.05, 0.1) is 39.8 Å². The van der Waals surface area contributed by atoms with E-state index >= 15 is 0 Å². The third kappa shape index (κ3) is 28.5. The van der Waals surface area contributed by atoms with E-state index in [4.69, 9.17) is 43.0 Å². The van der Waals surface area contributed by atoms with Crippen molar-refractivity contribution in [3.8, 4) is 47.0 Å². The van der Waals surface area contributed by atoms with Crippen molar-refractivity contribution in [1.29, 1.82) is 0 Å². The summed E-state index contributed by atoms with van der Waals surface area (Å²) >= 11 is 0. The lowest BCUT2D eigenvalue weighted by Crippen LogP contribution is -2.42. The van der Waals surface area contributed by atoms with E-state index in [2.05, 4.69) is 85.0 Å². The monoisotopic (exact) mass is 1300 g/mol. The van der Waals surface area contributed by atoms with Gasteiger partial charge in [-0.3, -0.25) is 14.8 Å². The van der Waals surface area contributed by atoms with Crippen molar-refractivity contribution in [2.45, 2.75) is 93.0 Å². The number of nitrogens with zero attached hydrogens (tertiary/aromatic N) is 7. The third-order valence-corrected chi connectivity index (χ3v) is 14.0. The molecule has 0 bridgehead atoms. The van der Waals surface area contributed by atoms with Gasteiger partial charge in [0.2, 0.25) is 0 Å². The zero-order valence-corrected chi connectivity index (χ0v) is 57.0. The van der Waals surface area contributed by atoms with Gasteiger partial charge in [-0.15, -0.1) is 0 Å². The van der Waals surface area contributed by atoms with Crippen molar-refractivity contribution in [2.24, 2.45) is 0 Å². The van der Waals surface area contributed by atoms with Gasteiger partial charge in [-0.1, -0.05) is 60.1 Å². The molecule has 8 rings (SSSR count). The summed E-state index contributed by atoms with van der Waals surface area (Å²) in [7, 11) is 5.92. The van der Waals surface area contributed by atoms with E-state index < -0.39 is 23.1 Å². The minimum atomic E-state index is -0.627. The number of benzene rings is 3. The lowest BCUT2D eigenvalue weighted by Gasteiger charge is -2.29. The fourth-order valence-corrected chi connectivity index (χ4v) is 9.21. The number of ether oxygens (including phenoxy) is 6. The molecule has 21 nitrogen and oxygen atoms in total. The second kappa shape index (κ2) is 38.9. The zero-order chi connectivity index (χ0) is 69.3. The molecule has 0 unspecified atom stereocenters. The van der Waals surface area contributed by atoms with E-state index in [0.717, 1.165) is 89.0 Å². The SMILES string of the molecule is CC(C)(C)OC(=O)N1CCNCCNCC1.CCc1cc(C#Cc2ccc(OC)cc2)cc(C(=O)OC)n1.COC(=O)c1cc(C#Cc2ccc(OC)cc2)cc(CN2CCN(Cc3cc(C#Cc4ccc(C)cc4)cc(C)n3)CCN(C(=O)OC(C)(C)C)CC2)n1.O=C=O. The van der Waals surface area contributed by atoms with Gasteiger partial charge < -0.3 is 48.9 Å². The van der Waals surface area contributed by atoms with E-state index in [-0.39, 0.29) is 29.7 Å². The highest BCUT2D eigenvalue weighted by atomic mass is 16.6. The average Bonchev–Trinajstić information content (AvgIpc) is 1.44. The number of hydrogen-bond acceptors (Lipinski definition) is 19. The van der Waals surface area contributed by atoms with E-state index in [1.54, 1.807) is 36.2 Å². The Morgan fingerprint density at radius 1 is 0.453 bits per heavy atom. The molecule has 2 fully saturated rings. The van der Waals surface area contributed by atoms with Crippen LogP contribution in [0.1, 0.15) is 131 Å². The molecule has 2 saturated heterocycles. The van der Waals surface area contributed by atoms with Gasteiger partial charge in [-0.05, 0) is 159 Å². The van der Waals surface area contributed by atoms with Gasteiger partial charge in [-0.25, -0.2) is 29.1 Å². The molecule has 0 atom stereocenters. The zero-order valence-electron chi connectivity index (χ0n) is 57.0. The lowest BCUT2D eigenvalue weighted by atomic mass is 10.1. The van der Waals surface area contributed by atoms with Gasteiger partial charge in [0.15, 0.2) is 0 Å². The smallest absolute Gasteiger partial charge is 0.410 e. The summed E-state index contributed by atoms with van der Waals surface area (Å²) in [5, 5.41) is 6.53. The van der Waals surface area contributed by atoms with Crippen LogP contribution in [0.15, 0.2) is 109 Å². The van der Waals surface area contributed by atoms with Gasteiger partial charge in [0.1, 0.15) is 34.1 Å². The molecule has 0 aliphatic carbocycles. The second-order valence-corrected chi connectivity index (χ2v) is 23.9. The van der Waals surface area contributed by atoms with Crippen LogP contribution in [-0.2, 0) is 48.0 Å². The first-order chi connectivity index (χ1) is 45.4. The first-order valence-corrected chi connectivity index (χ1v) is 31.3. The Bertz CT molecular complexity index is 3700. The maximum absolute atomic E-state index is 13.4. The number of amides is 2. The average molecular weight is 1300 g/mol. The summed E-state index contributed by atoms with van der Waals surface area (Å²) in [4.78, 5) is 87.6. The molecule has 502 valence electrons. The Morgan fingerprint density at radius 2 is 0.800 bits per heavy atom. The molecule has 95 heavy (non-hydrogen) atoms. The maximum atomic E-state index is 13.4. The van der Waals surface area contributed by atoms with Crippen molar-refractivity contribution in [1.82, 2.24) is 45.2 Å². The fraction of sp³-hybridized carbons (Fsp3) is 0.405. The maximum Gasteiger partial charge on any atom is 0.410 e. The van der Waals surface area contributed by atoms with Crippen molar-refractivity contribution >= 4 is 30.3 Å². The molecule has 0 radical (unpaired) electrons. The standard InChI is InChI=1S/C44H49N5O5.C18H17NO3.C11H23N3O2.CO2/c1-32-8-10-34(11-9-32)12-14-36-26-33(2)45-38(27-36)30-47-20-21-48(23-25-49(24-22-47)43(51)54-44(3,4)5)31-39-28-37(29-41(46-39)42(50)53-7)15-13-35-16-18-40(52-6)19-17-35;1-4-15-11-14(12-17(19-15)18(20)22-3)6-5-13-7-9-16(21-2)10-8-13;1-11(2,3)16-10(15)14-8-6-12-4-5-13-7-9-14;2-1-3/h8-11,16-19,26-29H,20-25,30-31H2,1-7H3;7-12H,4H2,1-3H3;12-13H,4-9H2,1-3H3;. The number of methoxy groups -OCH3 is 4. The van der Waals surface area contributed by atoms with Crippen molar-refractivity contribution < 1.29 is 57.2 Å². The minimum absolute atomic E-state index is 0.183. The number of esters is 2. The van der Waals surface area contributed by atoms with Crippen molar-refractivity contribution in [3.63, 3.8) is 0 Å². The molecule has 2 aliphatic rings. The quantitative estimate of drug-likeness (QED) is 0.0781. The van der Waals surface area contributed by atoms with Crippen LogP contribution in [0, 0.1) is 49.4 Å². The molecule has 3 aromatic carbocycles. The molecule has 3 aromatic heterocycles. The summed E-state index contributed by atoms with van der Waals surface area (Å²) in [6.45, 7) is 26.8. The number of hydrogen-bond donors (Lipinski definition) is 2. The molecular formula is C74H89N9O12. The predicted octanol–water partition coefficient (Wildman–Crippen LogP) is 8.91. The van der Waals surface area contributed by atoms with E-state index in [1.807, 2.05) is 140 Å². The van der Waals surface area contributed by atoms with Crippen LogP contribution in [0.5, 0.6) is 11.5 Å². The summed E-state index contributed by atoms with van der Waals surface area (Å²) in [5.41, 5.74) is 8.81. The molecule has 0 spiro atoms. The van der Waals surface area contributed by atoms with Gasteiger partial charge in [-0.2, -0.15) is 9.59 Å². The van der Waals surface area contributed by atoms with Crippen LogP contribution in [0.3, 0.4) is 0 Å². The largest absolute Gasteiger partial charge is 0.497 e. The summed E-state index contributed by atoms with van der Waals surface area (Å²) in [6.07, 6.45) is 0.397. The Labute approximate surface area is 559 Å². The van der Waals surface area contributed by atoms with Gasteiger partial charge in [0, 0.05) is 136 Å². The van der Waals surface area contributed by atoms with E-state index in [9.17, 15) is 19.2 Å². The second-order valence-electron chi connectivity index (χ2n) is 23.9. The summed E-state index contributed by atoms with van der Waals surface area (Å²) < 4.78 is 31.3. The van der Waals surface area contributed by atoms with Crippen molar-refractivity contribution in [3.05, 3.63) is 182 Å². The van der Waals surface area contributed by atoms with Gasteiger partial charge in [0.25, 0.3) is 0 Å². The number of carbonyl (C=O) groups is 4. The molecule has 21 heteroatoms. The molecule has 2 aliphatic heterocycles. The van der Waals surface area contributed by atoms with Crippen LogP contribution in [0.4, 0.5) is 9.59 Å². The van der Waals surface area contributed by atoms with E-state index in [0.29, 0.717) is 76.7 Å². The number of carbonyl (C=O) groups excluding carboxylic acids is 6. The van der Waals surface area contributed by atoms with Crippen LogP contribution in [0.25, 0.3) is 0 Å². The topological polar surface area (TPSA) is 233 Å². The van der Waals surface area contributed by atoms with Gasteiger partial charge >= 0.3 is 30.3 Å². The molecular weight excluding hydrogens is 1210 g/mol. The van der Waals surface area contributed by atoms with Crippen LogP contribution in [0.2, 0.25) is 0 Å². The lowest BCUT2D eigenvalue weighted by molar-refractivity contribution is -0.191. The highest BCUT2D eigenvalue weighted by Gasteiger charge is 2.26. The summed E-state index contributed by atoms with van der Waals surface area (Å²) in [5.74, 6) is 19.6. The first-order valence-electron chi connectivity index (χ1n) is 31.3. The highest BCUT2D eigenvalue weighted by Crippen LogP contribution is 2.18. The Kier molecular flexibility index (Phi) is 31.1. The summed E-state index contributed by atoms with van der Waals surface area (Å²) in [6, 6.07) is 34.2.